The van der Waals surface area contributed by atoms with Gasteiger partial charge in [-0.2, -0.15) is 0 Å². The van der Waals surface area contributed by atoms with E-state index >= 15 is 4.20 Å². The number of aliphatic hydroxyl groups is 3. The Morgan fingerprint density at radius 2 is 0.656 bits per heavy atom. The molecule has 0 saturated heterocycles. The third-order valence-electron chi connectivity index (χ3n) is 7.20. The SMILES string of the molecule is CCCCCCCCCCCCCCCCCCP(F)(CCCO)(CCCO)CCCO. The van der Waals surface area contributed by atoms with Gasteiger partial charge in [-0.25, -0.2) is 0 Å². The summed E-state index contributed by atoms with van der Waals surface area (Å²) in [5.41, 5.74) is 0. The topological polar surface area (TPSA) is 60.7 Å². The first kappa shape index (κ1) is 32.2. The Balaban J connectivity index is 3.88. The fraction of sp³-hybridized carbons (Fsp3) is 1.00. The molecule has 0 aliphatic rings. The van der Waals surface area contributed by atoms with Crippen LogP contribution in [-0.4, -0.2) is 59.8 Å². The van der Waals surface area contributed by atoms with Gasteiger partial charge in [-0.05, 0) is 0 Å². The minimum atomic E-state index is -3.43. The van der Waals surface area contributed by atoms with Gasteiger partial charge in [0, 0.05) is 0 Å². The zero-order valence-electron chi connectivity index (χ0n) is 21.6. The third kappa shape index (κ3) is 17.7. The van der Waals surface area contributed by atoms with Gasteiger partial charge in [0.05, 0.1) is 0 Å². The molecule has 0 fully saturated rings. The quantitative estimate of drug-likeness (QED) is 0.0873. The van der Waals surface area contributed by atoms with Gasteiger partial charge in [-0.1, -0.05) is 39.0 Å². The van der Waals surface area contributed by atoms with Crippen LogP contribution < -0.4 is 0 Å². The van der Waals surface area contributed by atoms with Crippen LogP contribution in [0.15, 0.2) is 0 Å². The first-order valence-electron chi connectivity index (χ1n) is 14.1. The van der Waals surface area contributed by atoms with Gasteiger partial charge in [-0.15, -0.1) is 0 Å². The molecule has 0 aromatic heterocycles. The molecule has 196 valence electrons. The van der Waals surface area contributed by atoms with Gasteiger partial charge < -0.3 is 0 Å². The predicted octanol–water partition coefficient (Wildman–Crippen LogP) is 7.83. The summed E-state index contributed by atoms with van der Waals surface area (Å²) < 4.78 is 16.4. The number of hydrogen-bond donors (Lipinski definition) is 3. The van der Waals surface area contributed by atoms with Crippen molar-refractivity contribution in [2.24, 2.45) is 0 Å². The third-order valence-corrected chi connectivity index (χ3v) is 12.9. The van der Waals surface area contributed by atoms with Gasteiger partial charge in [0.1, 0.15) is 0 Å². The van der Waals surface area contributed by atoms with Crippen molar-refractivity contribution in [2.75, 3.05) is 44.5 Å². The Morgan fingerprint density at radius 3 is 0.938 bits per heavy atom. The van der Waals surface area contributed by atoms with E-state index in [0.29, 0.717) is 43.9 Å². The van der Waals surface area contributed by atoms with Gasteiger partial charge in [0.25, 0.3) is 0 Å². The molecule has 3 N–H and O–H groups in total. The average molecular weight is 481 g/mol. The van der Waals surface area contributed by atoms with E-state index in [1.165, 1.54) is 89.9 Å². The van der Waals surface area contributed by atoms with E-state index in [2.05, 4.69) is 6.92 Å². The second-order valence-electron chi connectivity index (χ2n) is 10.2. The molecule has 3 nitrogen and oxygen atoms in total. The van der Waals surface area contributed by atoms with Crippen molar-refractivity contribution in [2.45, 2.75) is 129 Å². The molecule has 0 aromatic carbocycles. The van der Waals surface area contributed by atoms with Crippen molar-refractivity contribution in [3.05, 3.63) is 0 Å². The number of unbranched alkanes of at least 4 members (excludes halogenated alkanes) is 15. The second kappa shape index (κ2) is 21.8. The van der Waals surface area contributed by atoms with Gasteiger partial charge in [0.15, 0.2) is 0 Å². The maximum absolute atomic E-state index is 16.4. The number of halogens is 1. The molecule has 0 radical (unpaired) electrons. The number of aliphatic hydroxyl groups excluding tert-OH is 3. The van der Waals surface area contributed by atoms with Crippen LogP contribution in [0.25, 0.3) is 0 Å². The van der Waals surface area contributed by atoms with E-state index in [4.69, 9.17) is 0 Å². The number of hydrogen-bond acceptors (Lipinski definition) is 3. The molecule has 0 heterocycles. The van der Waals surface area contributed by atoms with E-state index < -0.39 is 6.91 Å². The molecule has 0 aromatic rings. The van der Waals surface area contributed by atoms with Crippen LogP contribution in [0.4, 0.5) is 4.20 Å². The Bertz CT molecular complexity index is 371. The summed E-state index contributed by atoms with van der Waals surface area (Å²) in [5, 5.41) is 27.8. The van der Waals surface area contributed by atoms with Crippen molar-refractivity contribution >= 4 is 6.91 Å². The van der Waals surface area contributed by atoms with E-state index in [1.54, 1.807) is 0 Å². The van der Waals surface area contributed by atoms with Crippen molar-refractivity contribution in [1.82, 2.24) is 0 Å². The molecular weight excluding hydrogens is 422 g/mol. The van der Waals surface area contributed by atoms with Crippen LogP contribution in [0.1, 0.15) is 129 Å². The first-order chi connectivity index (χ1) is 15.5. The van der Waals surface area contributed by atoms with Crippen molar-refractivity contribution < 1.29 is 19.5 Å². The van der Waals surface area contributed by atoms with Crippen LogP contribution >= 0.6 is 6.91 Å². The van der Waals surface area contributed by atoms with Crippen LogP contribution in [0.5, 0.6) is 0 Å². The zero-order valence-corrected chi connectivity index (χ0v) is 22.4. The summed E-state index contributed by atoms with van der Waals surface area (Å²) in [6.45, 7) is -1.08. The van der Waals surface area contributed by atoms with Gasteiger partial charge in [-0.3, -0.25) is 0 Å². The molecule has 0 aliphatic carbocycles. The van der Waals surface area contributed by atoms with Gasteiger partial charge >= 0.3 is 161 Å². The minimum absolute atomic E-state index is 0.0268. The molecule has 0 atom stereocenters. The van der Waals surface area contributed by atoms with E-state index in [0.717, 1.165) is 12.8 Å². The molecule has 0 saturated carbocycles. The summed E-state index contributed by atoms with van der Waals surface area (Å²) in [6, 6.07) is 0. The summed E-state index contributed by atoms with van der Waals surface area (Å²) in [5.74, 6) is 0. The first-order valence-corrected chi connectivity index (χ1v) is 17.0. The van der Waals surface area contributed by atoms with E-state index in [1.807, 2.05) is 0 Å². The van der Waals surface area contributed by atoms with Crippen LogP contribution in [0.2, 0.25) is 0 Å². The predicted molar refractivity (Wildman–Crippen MR) is 142 cm³/mol. The monoisotopic (exact) mass is 480 g/mol. The van der Waals surface area contributed by atoms with Crippen molar-refractivity contribution in [3.63, 3.8) is 0 Å². The summed E-state index contributed by atoms with van der Waals surface area (Å²) in [6.07, 6.45) is 24.5. The Kier molecular flexibility index (Phi) is 21.9. The Hall–Kier alpha value is 0.240. The Morgan fingerprint density at radius 1 is 0.406 bits per heavy atom. The Labute approximate surface area is 200 Å². The summed E-state index contributed by atoms with van der Waals surface area (Å²) in [7, 11) is 0. The van der Waals surface area contributed by atoms with Crippen LogP contribution in [0, 0.1) is 0 Å². The fourth-order valence-electron chi connectivity index (χ4n) is 5.12. The van der Waals surface area contributed by atoms with E-state index in [-0.39, 0.29) is 19.8 Å². The normalized spacial score (nSPS) is 13.3. The summed E-state index contributed by atoms with van der Waals surface area (Å²) >= 11 is 0. The van der Waals surface area contributed by atoms with Crippen LogP contribution in [0.3, 0.4) is 0 Å². The molecule has 0 unspecified atom stereocenters. The van der Waals surface area contributed by atoms with E-state index in [9.17, 15) is 15.3 Å². The molecule has 0 rings (SSSR count). The molecule has 0 spiro atoms. The van der Waals surface area contributed by atoms with Crippen molar-refractivity contribution in [3.8, 4) is 0 Å². The fourth-order valence-corrected chi connectivity index (χ4v) is 10.3. The molecule has 32 heavy (non-hydrogen) atoms. The second-order valence-corrected chi connectivity index (χ2v) is 15.7. The molecular formula is C27H58FO3P. The molecule has 0 amide bonds. The van der Waals surface area contributed by atoms with Crippen LogP contribution in [-0.2, 0) is 0 Å². The van der Waals surface area contributed by atoms with Crippen molar-refractivity contribution in [1.29, 1.82) is 0 Å². The standard InChI is InChI=1S/C27H58FO3P/c1-2-3-4-5-6-7-8-9-10-11-12-13-14-15-16-17-24-32(28,25-18-21-29,26-19-22-30)27-20-23-31/h29-31H,2-27H2,1H3. The maximum atomic E-state index is 16.4. The summed E-state index contributed by atoms with van der Waals surface area (Å²) in [4.78, 5) is 0. The average Bonchev–Trinajstić information content (AvgIpc) is 2.80. The zero-order chi connectivity index (χ0) is 23.8. The van der Waals surface area contributed by atoms with Gasteiger partial charge in [0.2, 0.25) is 0 Å². The molecule has 0 bridgehead atoms. The molecule has 5 heteroatoms. The molecule has 0 aliphatic heterocycles. The number of rotatable bonds is 26.